The van der Waals surface area contributed by atoms with Crippen molar-refractivity contribution in [1.29, 1.82) is 0 Å². The maximum absolute atomic E-state index is 11.2. The highest BCUT2D eigenvalue weighted by molar-refractivity contribution is 7.16. The molecular weight excluding hydrogens is 278 g/mol. The number of aliphatic hydroxyl groups is 1. The quantitative estimate of drug-likeness (QED) is 0.682. The molecule has 0 amide bonds. The van der Waals surface area contributed by atoms with Crippen LogP contribution in [0.3, 0.4) is 0 Å². The van der Waals surface area contributed by atoms with E-state index in [1.807, 2.05) is 11.9 Å². The molecule has 0 radical (unpaired) electrons. The Hall–Kier alpha value is -1.18. The number of hydrogen-bond acceptors (Lipinski definition) is 6. The van der Waals surface area contributed by atoms with E-state index in [2.05, 4.69) is 11.9 Å². The van der Waals surface area contributed by atoms with Crippen molar-refractivity contribution >= 4 is 22.0 Å². The van der Waals surface area contributed by atoms with Crippen LogP contribution in [0, 0.1) is 10.1 Å². The first-order valence-electron chi connectivity index (χ1n) is 6.77. The third-order valence-corrected chi connectivity index (χ3v) is 5.17. The Bertz CT molecular complexity index is 489. The van der Waals surface area contributed by atoms with Crippen LogP contribution in [0.5, 0.6) is 0 Å². The number of nitro groups is 1. The van der Waals surface area contributed by atoms with Crippen molar-refractivity contribution in [3.63, 3.8) is 0 Å². The molecule has 0 aromatic carbocycles. The lowest BCUT2D eigenvalue weighted by molar-refractivity contribution is -0.383. The molecule has 2 heterocycles. The van der Waals surface area contributed by atoms with Gasteiger partial charge < -0.3 is 14.9 Å². The predicted octanol–water partition coefficient (Wildman–Crippen LogP) is 2.24. The van der Waals surface area contributed by atoms with E-state index in [0.717, 1.165) is 25.9 Å². The van der Waals surface area contributed by atoms with Crippen LogP contribution in [0.1, 0.15) is 30.7 Å². The standard InChI is InChI=1S/C13H21N3O3S/c1-9(17)12-7-11(16(18)19)13(20-12)15(3)10-5-4-6-14(2)8-10/h7,9-10,17H,4-6,8H2,1-3H3. The van der Waals surface area contributed by atoms with Crippen molar-refractivity contribution in [2.24, 2.45) is 0 Å². The van der Waals surface area contributed by atoms with Gasteiger partial charge in [0.1, 0.15) is 0 Å². The topological polar surface area (TPSA) is 69.8 Å². The van der Waals surface area contributed by atoms with Crippen LogP contribution in [0.15, 0.2) is 6.07 Å². The van der Waals surface area contributed by atoms with Crippen molar-refractivity contribution in [1.82, 2.24) is 4.90 Å². The Kier molecular flexibility index (Phi) is 4.62. The number of hydrogen-bond donors (Lipinski definition) is 1. The zero-order valence-corrected chi connectivity index (χ0v) is 12.9. The Morgan fingerprint density at radius 2 is 2.35 bits per heavy atom. The molecule has 1 aromatic heterocycles. The Morgan fingerprint density at radius 1 is 1.65 bits per heavy atom. The molecule has 20 heavy (non-hydrogen) atoms. The smallest absolute Gasteiger partial charge is 0.304 e. The van der Waals surface area contributed by atoms with E-state index in [1.54, 1.807) is 6.92 Å². The van der Waals surface area contributed by atoms with Crippen LogP contribution in [-0.2, 0) is 0 Å². The Labute approximate surface area is 122 Å². The number of anilines is 1. The molecule has 0 spiro atoms. The summed E-state index contributed by atoms with van der Waals surface area (Å²) in [6.07, 6.45) is 1.48. The van der Waals surface area contributed by atoms with Gasteiger partial charge in [-0.1, -0.05) is 0 Å². The fourth-order valence-electron chi connectivity index (χ4n) is 2.60. The van der Waals surface area contributed by atoms with Gasteiger partial charge in [0.15, 0.2) is 5.00 Å². The van der Waals surface area contributed by atoms with E-state index in [9.17, 15) is 15.2 Å². The molecule has 0 bridgehead atoms. The van der Waals surface area contributed by atoms with Gasteiger partial charge in [-0.3, -0.25) is 10.1 Å². The predicted molar refractivity (Wildman–Crippen MR) is 80.5 cm³/mol. The van der Waals surface area contributed by atoms with Gasteiger partial charge in [0.2, 0.25) is 0 Å². The highest BCUT2D eigenvalue weighted by Crippen LogP contribution is 2.41. The Morgan fingerprint density at radius 3 is 2.90 bits per heavy atom. The number of piperidine rings is 1. The van der Waals surface area contributed by atoms with Gasteiger partial charge in [-0.25, -0.2) is 0 Å². The average Bonchev–Trinajstić information content (AvgIpc) is 2.83. The summed E-state index contributed by atoms with van der Waals surface area (Å²) >= 11 is 1.31. The second kappa shape index (κ2) is 6.07. The first kappa shape index (κ1) is 15.2. The van der Waals surface area contributed by atoms with E-state index >= 15 is 0 Å². The molecule has 1 aromatic rings. The molecule has 1 fully saturated rings. The summed E-state index contributed by atoms with van der Waals surface area (Å²) in [7, 11) is 3.98. The first-order chi connectivity index (χ1) is 9.40. The van der Waals surface area contributed by atoms with Crippen LogP contribution in [-0.4, -0.2) is 48.2 Å². The minimum absolute atomic E-state index is 0.0987. The van der Waals surface area contributed by atoms with Gasteiger partial charge in [-0.05, 0) is 33.4 Å². The second-order valence-corrected chi connectivity index (χ2v) is 6.50. The third kappa shape index (κ3) is 3.11. The van der Waals surface area contributed by atoms with E-state index in [0.29, 0.717) is 9.88 Å². The fourth-order valence-corrected chi connectivity index (χ4v) is 3.70. The maximum Gasteiger partial charge on any atom is 0.304 e. The minimum Gasteiger partial charge on any atom is -0.388 e. The molecular formula is C13H21N3O3S. The van der Waals surface area contributed by atoms with Crippen LogP contribution >= 0.6 is 11.3 Å². The number of thiophene rings is 1. The summed E-state index contributed by atoms with van der Waals surface area (Å²) in [5, 5.41) is 21.5. The minimum atomic E-state index is -0.671. The molecule has 7 heteroatoms. The summed E-state index contributed by atoms with van der Waals surface area (Å²) < 4.78 is 0. The van der Waals surface area contributed by atoms with Crippen LogP contribution in [0.4, 0.5) is 10.7 Å². The Balaban J connectivity index is 2.27. The van der Waals surface area contributed by atoms with E-state index in [1.165, 1.54) is 17.4 Å². The molecule has 2 unspecified atom stereocenters. The monoisotopic (exact) mass is 299 g/mol. The van der Waals surface area contributed by atoms with Gasteiger partial charge in [-0.15, -0.1) is 11.3 Å². The molecule has 2 rings (SSSR count). The highest BCUT2D eigenvalue weighted by atomic mass is 32.1. The van der Waals surface area contributed by atoms with E-state index in [4.69, 9.17) is 0 Å². The fraction of sp³-hybridized carbons (Fsp3) is 0.692. The van der Waals surface area contributed by atoms with Crippen molar-refractivity contribution in [2.45, 2.75) is 31.9 Å². The SMILES string of the molecule is CC(O)c1cc([N+](=O)[O-])c(N(C)C2CCCN(C)C2)s1. The second-order valence-electron chi connectivity index (χ2n) is 5.44. The maximum atomic E-state index is 11.2. The largest absolute Gasteiger partial charge is 0.388 e. The molecule has 112 valence electrons. The molecule has 0 aliphatic carbocycles. The normalized spacial score (nSPS) is 21.7. The summed E-state index contributed by atoms with van der Waals surface area (Å²) in [6, 6.07) is 1.78. The number of nitrogens with zero attached hydrogens (tertiary/aromatic N) is 3. The van der Waals surface area contributed by atoms with Gasteiger partial charge >= 0.3 is 5.69 Å². The lowest BCUT2D eigenvalue weighted by Gasteiger charge is -2.36. The lowest BCUT2D eigenvalue weighted by Crippen LogP contribution is -2.44. The molecule has 0 saturated carbocycles. The van der Waals surface area contributed by atoms with Crippen molar-refractivity contribution in [2.75, 3.05) is 32.1 Å². The van der Waals surface area contributed by atoms with Gasteiger partial charge in [-0.2, -0.15) is 0 Å². The highest BCUT2D eigenvalue weighted by Gasteiger charge is 2.29. The van der Waals surface area contributed by atoms with Gasteiger partial charge in [0.25, 0.3) is 0 Å². The number of likely N-dealkylation sites (N-methyl/N-ethyl adjacent to an activating group) is 2. The molecule has 1 N–H and O–H groups in total. The van der Waals surface area contributed by atoms with Crippen LogP contribution < -0.4 is 4.90 Å². The molecule has 6 nitrogen and oxygen atoms in total. The number of likely N-dealkylation sites (tertiary alicyclic amines) is 1. The van der Waals surface area contributed by atoms with Crippen LogP contribution in [0.2, 0.25) is 0 Å². The number of rotatable bonds is 4. The first-order valence-corrected chi connectivity index (χ1v) is 7.59. The van der Waals surface area contributed by atoms with Crippen molar-refractivity contribution in [3.8, 4) is 0 Å². The molecule has 2 atom stereocenters. The summed E-state index contributed by atoms with van der Waals surface area (Å²) in [6.45, 7) is 3.62. The van der Waals surface area contributed by atoms with Gasteiger partial charge in [0, 0.05) is 30.6 Å². The molecule has 1 aliphatic heterocycles. The zero-order chi connectivity index (χ0) is 14.9. The number of aliphatic hydroxyl groups excluding tert-OH is 1. The summed E-state index contributed by atoms with van der Waals surface area (Å²) in [4.78, 5) is 15.7. The van der Waals surface area contributed by atoms with Gasteiger partial charge in [0.05, 0.1) is 11.0 Å². The summed E-state index contributed by atoms with van der Waals surface area (Å²) in [5.41, 5.74) is 0.0987. The van der Waals surface area contributed by atoms with E-state index < -0.39 is 6.10 Å². The van der Waals surface area contributed by atoms with Crippen molar-refractivity contribution in [3.05, 3.63) is 21.1 Å². The molecule has 1 saturated heterocycles. The molecule has 1 aliphatic rings. The third-order valence-electron chi connectivity index (χ3n) is 3.79. The summed E-state index contributed by atoms with van der Waals surface area (Å²) in [5.74, 6) is 0. The van der Waals surface area contributed by atoms with Crippen molar-refractivity contribution < 1.29 is 10.0 Å². The lowest BCUT2D eigenvalue weighted by atomic mass is 10.1. The van der Waals surface area contributed by atoms with Crippen LogP contribution in [0.25, 0.3) is 0 Å². The van der Waals surface area contributed by atoms with E-state index in [-0.39, 0.29) is 16.7 Å². The zero-order valence-electron chi connectivity index (χ0n) is 12.1. The average molecular weight is 299 g/mol.